The molecular weight excluding hydrogens is 619 g/mol. The maximum absolute atomic E-state index is 13.5. The van der Waals surface area contributed by atoms with Gasteiger partial charge in [-0.3, -0.25) is 4.79 Å². The highest BCUT2D eigenvalue weighted by Crippen LogP contribution is 2.32. The van der Waals surface area contributed by atoms with E-state index in [2.05, 4.69) is 53.8 Å². The lowest BCUT2D eigenvalue weighted by atomic mass is 10.1. The van der Waals surface area contributed by atoms with E-state index >= 15 is 0 Å². The van der Waals surface area contributed by atoms with Gasteiger partial charge in [-0.25, -0.2) is 14.4 Å². The largest absolute Gasteiger partial charge is 0.487 e. The van der Waals surface area contributed by atoms with E-state index in [0.717, 1.165) is 71.5 Å². The minimum Gasteiger partial charge on any atom is -0.487 e. The van der Waals surface area contributed by atoms with E-state index in [9.17, 15) is 9.18 Å². The summed E-state index contributed by atoms with van der Waals surface area (Å²) in [4.78, 5) is 22.0. The fourth-order valence-electron chi connectivity index (χ4n) is 5.09. The van der Waals surface area contributed by atoms with Gasteiger partial charge in [0, 0.05) is 35.6 Å². The lowest BCUT2D eigenvalue weighted by Crippen LogP contribution is -2.39. The van der Waals surface area contributed by atoms with Crippen LogP contribution in [-0.2, 0) is 22.7 Å². The Kier molecular flexibility index (Phi) is 11.4. The number of carbonyl (C=O) groups is 1. The van der Waals surface area contributed by atoms with Crippen molar-refractivity contribution >= 4 is 40.5 Å². The highest BCUT2D eigenvalue weighted by Gasteiger charge is 2.14. The summed E-state index contributed by atoms with van der Waals surface area (Å²) in [6, 6.07) is 20.7. The van der Waals surface area contributed by atoms with Crippen molar-refractivity contribution < 1.29 is 18.7 Å². The van der Waals surface area contributed by atoms with Crippen LogP contribution in [0.1, 0.15) is 44.9 Å². The first-order valence-electron chi connectivity index (χ1n) is 15.6. The van der Waals surface area contributed by atoms with Crippen molar-refractivity contribution in [3.05, 3.63) is 101 Å². The van der Waals surface area contributed by atoms with Gasteiger partial charge in [0.2, 0.25) is 0 Å². The molecule has 1 aliphatic rings. The summed E-state index contributed by atoms with van der Waals surface area (Å²) in [5.41, 5.74) is 5.37. The minimum atomic E-state index is -0.318. The number of piperidine rings is 1. The molecule has 11 heteroatoms. The molecule has 0 saturated carbocycles. The van der Waals surface area contributed by atoms with Gasteiger partial charge in [-0.05, 0) is 112 Å². The molecule has 0 bridgehead atoms. The van der Waals surface area contributed by atoms with E-state index in [-0.39, 0.29) is 18.0 Å². The molecule has 0 atom stereocenters. The van der Waals surface area contributed by atoms with E-state index in [0.29, 0.717) is 29.1 Å². The van der Waals surface area contributed by atoms with Crippen LogP contribution in [0.25, 0.3) is 22.0 Å². The lowest BCUT2D eigenvalue weighted by Gasteiger charge is -2.23. The Morgan fingerprint density at radius 1 is 1.02 bits per heavy atom. The number of fused-ring (bicyclic) bond motifs is 1. The number of rotatable bonds is 10. The fourth-order valence-corrected chi connectivity index (χ4v) is 5.33. The Hall–Kier alpha value is -4.51. The van der Waals surface area contributed by atoms with Crippen LogP contribution in [0.15, 0.2) is 79.3 Å². The molecular formula is C36H40ClFN6O3. The monoisotopic (exact) mass is 658 g/mol. The minimum absolute atomic E-state index is 0.221. The smallest absolute Gasteiger partial charge is 0.293 e. The molecule has 1 saturated heterocycles. The lowest BCUT2D eigenvalue weighted by molar-refractivity contribution is -0.138. The average Bonchev–Trinajstić information content (AvgIpc) is 3.53. The Balaban J connectivity index is 0.000000559. The summed E-state index contributed by atoms with van der Waals surface area (Å²) in [5, 5.41) is 11.8. The third-order valence-electron chi connectivity index (χ3n) is 7.51. The Labute approximate surface area is 279 Å². The second-order valence-corrected chi connectivity index (χ2v) is 12.7. The quantitative estimate of drug-likeness (QED) is 0.114. The molecule has 3 aromatic carbocycles. The SMILES string of the molecule is CC(C)(C)OC=O.Fc1cccc(COc2ccc(Nc3ncnc4ccc(-c5c[nH]c(CNC6CCNCC6)c5)cc34)cc2Cl)c1. The molecule has 0 amide bonds. The van der Waals surface area contributed by atoms with Crippen LogP contribution in [-0.4, -0.2) is 46.2 Å². The fraction of sp³-hybridized carbons (Fsp3) is 0.306. The van der Waals surface area contributed by atoms with Gasteiger partial charge in [0.15, 0.2) is 0 Å². The van der Waals surface area contributed by atoms with Crippen LogP contribution in [0.2, 0.25) is 5.02 Å². The second-order valence-electron chi connectivity index (χ2n) is 12.3. The maximum Gasteiger partial charge on any atom is 0.293 e. The molecule has 0 aliphatic carbocycles. The molecule has 0 radical (unpaired) electrons. The molecule has 6 rings (SSSR count). The first-order valence-corrected chi connectivity index (χ1v) is 16.0. The third-order valence-corrected chi connectivity index (χ3v) is 7.81. The highest BCUT2D eigenvalue weighted by atomic mass is 35.5. The number of hydrogen-bond acceptors (Lipinski definition) is 8. The summed E-state index contributed by atoms with van der Waals surface area (Å²) in [7, 11) is 0. The van der Waals surface area contributed by atoms with Gasteiger partial charge in [-0.15, -0.1) is 0 Å². The number of aromatic amines is 1. The second kappa shape index (κ2) is 15.9. The molecule has 9 nitrogen and oxygen atoms in total. The molecule has 1 fully saturated rings. The van der Waals surface area contributed by atoms with Gasteiger partial charge in [-0.2, -0.15) is 0 Å². The topological polar surface area (TPSA) is 113 Å². The van der Waals surface area contributed by atoms with Gasteiger partial charge < -0.3 is 30.4 Å². The molecule has 0 unspecified atom stereocenters. The predicted molar refractivity (Wildman–Crippen MR) is 184 cm³/mol. The third kappa shape index (κ3) is 9.99. The van der Waals surface area contributed by atoms with Crippen LogP contribution < -0.4 is 20.7 Å². The molecule has 0 spiro atoms. The first-order chi connectivity index (χ1) is 22.7. The van der Waals surface area contributed by atoms with Gasteiger partial charge in [0.1, 0.15) is 35.9 Å². The molecule has 246 valence electrons. The zero-order chi connectivity index (χ0) is 33.2. The molecule has 5 aromatic rings. The number of hydrogen-bond donors (Lipinski definition) is 4. The number of H-pyrrole nitrogens is 1. The van der Waals surface area contributed by atoms with Gasteiger partial charge >= 0.3 is 0 Å². The van der Waals surface area contributed by atoms with Crippen LogP contribution in [0.5, 0.6) is 5.75 Å². The van der Waals surface area contributed by atoms with Crippen molar-refractivity contribution in [1.82, 2.24) is 25.6 Å². The van der Waals surface area contributed by atoms with Gasteiger partial charge in [0.25, 0.3) is 6.47 Å². The highest BCUT2D eigenvalue weighted by molar-refractivity contribution is 6.32. The van der Waals surface area contributed by atoms with Crippen molar-refractivity contribution in [3.63, 3.8) is 0 Å². The zero-order valence-electron chi connectivity index (χ0n) is 26.8. The molecule has 4 N–H and O–H groups in total. The predicted octanol–water partition coefficient (Wildman–Crippen LogP) is 7.54. The van der Waals surface area contributed by atoms with Crippen LogP contribution in [0.3, 0.4) is 0 Å². The van der Waals surface area contributed by atoms with Gasteiger partial charge in [0.05, 0.1) is 10.5 Å². The van der Waals surface area contributed by atoms with Crippen molar-refractivity contribution in [2.45, 2.75) is 58.4 Å². The van der Waals surface area contributed by atoms with Crippen molar-refractivity contribution in [1.29, 1.82) is 0 Å². The first kappa shape index (κ1) is 33.8. The summed E-state index contributed by atoms with van der Waals surface area (Å²) >= 11 is 6.51. The van der Waals surface area contributed by atoms with E-state index in [1.807, 2.05) is 45.2 Å². The van der Waals surface area contributed by atoms with Crippen molar-refractivity contribution in [3.8, 4) is 16.9 Å². The molecule has 2 aromatic heterocycles. The number of nitrogens with zero attached hydrogens (tertiary/aromatic N) is 2. The zero-order valence-corrected chi connectivity index (χ0v) is 27.5. The van der Waals surface area contributed by atoms with E-state index in [1.165, 1.54) is 12.1 Å². The Bertz CT molecular complexity index is 1780. The number of aromatic nitrogens is 3. The standard InChI is InChI=1S/C31H30ClFN6O.C5H10O2/c32-28-15-25(5-7-30(28)40-18-20-2-1-3-23(33)12-20)39-31-27-14-21(4-6-29(27)37-19-38-31)22-13-26(35-16-22)17-36-24-8-10-34-11-9-24;1-5(2,3)7-4-6/h1-7,12-16,19,24,34-36H,8-11,17-18H2,(H,37,38,39);4H,1-3H3. The summed E-state index contributed by atoms with van der Waals surface area (Å²) < 4.78 is 23.8. The number of halogens is 2. The Morgan fingerprint density at radius 2 is 1.85 bits per heavy atom. The number of benzene rings is 3. The van der Waals surface area contributed by atoms with Crippen molar-refractivity contribution in [2.75, 3.05) is 18.4 Å². The number of carbonyl (C=O) groups excluding carboxylic acids is 1. The number of ether oxygens (including phenoxy) is 2. The summed E-state index contributed by atoms with van der Waals surface area (Å²) in [6.45, 7) is 9.10. The van der Waals surface area contributed by atoms with Gasteiger partial charge in [-0.1, -0.05) is 29.8 Å². The average molecular weight is 659 g/mol. The number of nitrogens with one attached hydrogen (secondary N) is 4. The molecule has 3 heterocycles. The van der Waals surface area contributed by atoms with E-state index in [4.69, 9.17) is 16.3 Å². The van der Waals surface area contributed by atoms with Crippen LogP contribution in [0.4, 0.5) is 15.9 Å². The number of anilines is 2. The van der Waals surface area contributed by atoms with E-state index < -0.39 is 0 Å². The molecule has 47 heavy (non-hydrogen) atoms. The Morgan fingerprint density at radius 3 is 2.57 bits per heavy atom. The summed E-state index contributed by atoms with van der Waals surface area (Å²) in [5.74, 6) is 0.900. The normalized spacial score (nSPS) is 13.5. The van der Waals surface area contributed by atoms with Crippen LogP contribution in [0, 0.1) is 5.82 Å². The molecule has 1 aliphatic heterocycles. The van der Waals surface area contributed by atoms with Crippen molar-refractivity contribution in [2.24, 2.45) is 0 Å². The maximum atomic E-state index is 13.5. The van der Waals surface area contributed by atoms with Crippen LogP contribution >= 0.6 is 11.6 Å². The summed E-state index contributed by atoms with van der Waals surface area (Å²) in [6.07, 6.45) is 5.90. The van der Waals surface area contributed by atoms with E-state index in [1.54, 1.807) is 24.5 Å².